The summed E-state index contributed by atoms with van der Waals surface area (Å²) in [6.07, 6.45) is -17.0. The number of nitriles is 2. The van der Waals surface area contributed by atoms with Crippen LogP contribution < -0.4 is 5.73 Å². The first-order chi connectivity index (χ1) is 35.8. The Morgan fingerprint density at radius 1 is 0.662 bits per heavy atom. The van der Waals surface area contributed by atoms with E-state index in [-0.39, 0.29) is 66.6 Å². The number of Topliss-reactive ketones (excluding diaryl/α,β-unsaturated/α-hetero) is 1. The maximum absolute atomic E-state index is 13.3. The summed E-state index contributed by atoms with van der Waals surface area (Å²) >= 11 is 15.6. The first-order valence-electron chi connectivity index (χ1n) is 24.4. The van der Waals surface area contributed by atoms with Crippen molar-refractivity contribution in [2.24, 2.45) is 17.1 Å². The molecule has 0 amide bonds. The van der Waals surface area contributed by atoms with E-state index in [1.165, 1.54) is 13.8 Å². The van der Waals surface area contributed by atoms with E-state index >= 15 is 0 Å². The monoisotopic (exact) mass is 1160 g/mol. The van der Waals surface area contributed by atoms with Gasteiger partial charge in [0.25, 0.3) is 0 Å². The number of carbonyl (C=O) groups excluding carboxylic acids is 2. The smallest absolute Gasteiger partial charge is 0.373 e. The number of ketones is 1. The SMILES string of the molecule is C[C@@H](OCC1(c2ccccc2)CCC(C#N)(CC(=O)CCCl)CC1)c1cc(C(F)(F)F)cc(C(F)(F)F)c1.C[C@@H](OCC1(c2ccccc2)CCC(N)(C#N)CC1)C1=CC(C(F)(F)F)CC(C(F)(F)F)=C1.O=C(Cl)CCCl. The van der Waals surface area contributed by atoms with Crippen molar-refractivity contribution in [3.63, 3.8) is 0 Å². The van der Waals surface area contributed by atoms with Gasteiger partial charge in [0.2, 0.25) is 5.24 Å². The molecule has 0 heterocycles. The number of hydrogen-bond donors (Lipinski definition) is 1. The van der Waals surface area contributed by atoms with Crippen molar-refractivity contribution in [2.75, 3.05) is 25.0 Å². The summed E-state index contributed by atoms with van der Waals surface area (Å²) in [5, 5.41) is 18.9. The molecule has 422 valence electrons. The van der Waals surface area contributed by atoms with Gasteiger partial charge in [0.05, 0.1) is 60.0 Å². The molecule has 3 aromatic rings. The lowest BCUT2D eigenvalue weighted by molar-refractivity contribution is -0.166. The number of nitrogens with zero attached hydrogens (tertiary/aromatic N) is 2. The normalized spacial score (nSPS) is 24.7. The minimum Gasteiger partial charge on any atom is -0.373 e. The van der Waals surface area contributed by atoms with Crippen LogP contribution in [-0.2, 0) is 42.2 Å². The van der Waals surface area contributed by atoms with E-state index in [2.05, 4.69) is 12.1 Å². The largest absolute Gasteiger partial charge is 0.416 e. The average molecular weight is 1160 g/mol. The molecule has 1 unspecified atom stereocenters. The lowest BCUT2D eigenvalue weighted by atomic mass is 9.60. The Labute approximate surface area is 454 Å². The predicted octanol–water partition coefficient (Wildman–Crippen LogP) is 15.9. The van der Waals surface area contributed by atoms with Crippen LogP contribution in [0.15, 0.2) is 102 Å². The molecule has 0 aromatic heterocycles. The number of rotatable bonds is 16. The third kappa shape index (κ3) is 18.5. The van der Waals surface area contributed by atoms with Crippen molar-refractivity contribution in [2.45, 2.75) is 144 Å². The van der Waals surface area contributed by atoms with Crippen LogP contribution in [0, 0.1) is 34.0 Å². The molecule has 7 nitrogen and oxygen atoms in total. The summed E-state index contributed by atoms with van der Waals surface area (Å²) in [7, 11) is 0. The summed E-state index contributed by atoms with van der Waals surface area (Å²) in [5.74, 6) is -1.82. The number of halogens is 15. The number of ether oxygens (including phenoxy) is 2. The molecule has 0 aliphatic heterocycles. The van der Waals surface area contributed by atoms with Gasteiger partial charge in [-0.25, -0.2) is 0 Å². The quantitative estimate of drug-likeness (QED) is 0.0860. The van der Waals surface area contributed by atoms with Crippen LogP contribution in [0.5, 0.6) is 0 Å². The Bertz CT molecular complexity index is 2540. The molecule has 22 heteroatoms. The number of nitrogens with two attached hydrogens (primary N) is 1. The fraction of sp³-hybridized carbons (Fsp3) is 0.527. The Hall–Kier alpha value is -4.63. The standard InChI is InChI=1S/C28H28ClF6NO2.C24H26F6N2O.C3H4Cl2O/c1-19(20-13-22(27(30,31)32)15-23(14-20)28(33,34)35)38-18-26(21-5-3-2-4-6-21)10-8-25(17-36,9-11-26)16-24(37)7-12-29;1-16(17-11-19(23(25,26)27)13-20(12-17)24(28,29)30)33-15-21(18-5-3-2-4-6-18)7-9-22(32,14-31)10-8-21;4-2-1-3(5)6/h2-6,13-15,19H,7-12,16,18H2,1H3;2-6,11-12,16,19H,7-10,13,15,32H2,1H3;1-2H2/t19-,25?,26?;16-,19?,21?,22?;/m11./s1. The van der Waals surface area contributed by atoms with E-state index in [1.807, 2.05) is 60.7 Å². The van der Waals surface area contributed by atoms with Crippen molar-refractivity contribution in [1.82, 2.24) is 0 Å². The summed E-state index contributed by atoms with van der Waals surface area (Å²) in [6, 6.07) is 24.5. The van der Waals surface area contributed by atoms with Crippen LogP contribution in [0.1, 0.15) is 125 Å². The highest BCUT2D eigenvalue weighted by atomic mass is 35.5. The molecule has 77 heavy (non-hydrogen) atoms. The Morgan fingerprint density at radius 3 is 1.49 bits per heavy atom. The molecule has 0 saturated heterocycles. The molecule has 2 saturated carbocycles. The number of carbonyl (C=O) groups is 2. The summed E-state index contributed by atoms with van der Waals surface area (Å²) < 4.78 is 172. The van der Waals surface area contributed by atoms with Gasteiger partial charge in [-0.3, -0.25) is 9.59 Å². The lowest BCUT2D eigenvalue weighted by Gasteiger charge is -2.44. The number of allylic oxidation sites excluding steroid dienone is 2. The van der Waals surface area contributed by atoms with E-state index < -0.39 is 87.7 Å². The molecular weight excluding hydrogens is 1100 g/mol. The molecule has 6 rings (SSSR count). The molecule has 3 atom stereocenters. The highest BCUT2D eigenvalue weighted by molar-refractivity contribution is 6.63. The second kappa shape index (κ2) is 27.0. The number of benzene rings is 3. The third-order valence-corrected chi connectivity index (χ3v) is 15.0. The Kier molecular flexibility index (Phi) is 22.8. The Balaban J connectivity index is 0.000000303. The van der Waals surface area contributed by atoms with Gasteiger partial charge in [-0.1, -0.05) is 66.7 Å². The van der Waals surface area contributed by atoms with Crippen molar-refractivity contribution in [3.05, 3.63) is 130 Å². The van der Waals surface area contributed by atoms with Crippen LogP contribution >= 0.6 is 34.8 Å². The van der Waals surface area contributed by atoms with E-state index in [1.54, 1.807) is 0 Å². The van der Waals surface area contributed by atoms with Gasteiger partial charge < -0.3 is 15.2 Å². The first kappa shape index (κ1) is 64.9. The zero-order chi connectivity index (χ0) is 57.7. The van der Waals surface area contributed by atoms with Crippen LogP contribution in [0.4, 0.5) is 52.7 Å². The zero-order valence-corrected chi connectivity index (χ0v) is 44.2. The predicted molar refractivity (Wildman–Crippen MR) is 268 cm³/mol. The molecule has 2 fully saturated rings. The molecule has 0 radical (unpaired) electrons. The second-order valence-corrected chi connectivity index (χ2v) is 21.0. The fourth-order valence-electron chi connectivity index (χ4n) is 9.56. The summed E-state index contributed by atoms with van der Waals surface area (Å²) in [4.78, 5) is 22.0. The molecule has 0 spiro atoms. The number of alkyl halides is 14. The third-order valence-electron chi connectivity index (χ3n) is 14.4. The molecule has 3 aromatic carbocycles. The highest BCUT2D eigenvalue weighted by Gasteiger charge is 2.48. The van der Waals surface area contributed by atoms with Crippen LogP contribution in [-0.4, -0.2) is 60.0 Å². The van der Waals surface area contributed by atoms with Crippen LogP contribution in [0.2, 0.25) is 0 Å². The van der Waals surface area contributed by atoms with E-state index in [4.69, 9.17) is 50.0 Å². The topological polar surface area (TPSA) is 126 Å². The lowest BCUT2D eigenvalue weighted by Crippen LogP contribution is -2.48. The Morgan fingerprint density at radius 2 is 1.12 bits per heavy atom. The van der Waals surface area contributed by atoms with Gasteiger partial charge in [0, 0.05) is 47.4 Å². The van der Waals surface area contributed by atoms with Crippen molar-refractivity contribution < 1.29 is 71.7 Å². The van der Waals surface area contributed by atoms with Crippen molar-refractivity contribution >= 4 is 45.8 Å². The van der Waals surface area contributed by atoms with E-state index in [9.17, 15) is 72.8 Å². The van der Waals surface area contributed by atoms with Crippen molar-refractivity contribution in [1.29, 1.82) is 10.5 Å². The minimum atomic E-state index is -4.95. The molecule has 3 aliphatic rings. The van der Waals surface area contributed by atoms with Gasteiger partial charge in [0.15, 0.2) is 0 Å². The maximum Gasteiger partial charge on any atom is 0.416 e. The van der Waals surface area contributed by atoms with E-state index in [0.717, 1.165) is 23.3 Å². The summed E-state index contributed by atoms with van der Waals surface area (Å²) in [6.45, 7) is 2.98. The first-order valence-corrected chi connectivity index (χ1v) is 25.9. The number of hydrogen-bond acceptors (Lipinski definition) is 7. The summed E-state index contributed by atoms with van der Waals surface area (Å²) in [5.41, 5.74) is 0.599. The molecular formula is C55H58Cl3F12N3O4. The van der Waals surface area contributed by atoms with Crippen molar-refractivity contribution in [3.8, 4) is 12.1 Å². The minimum absolute atomic E-state index is 0.0207. The van der Waals surface area contributed by atoms with Gasteiger partial charge in [0.1, 0.15) is 11.3 Å². The van der Waals surface area contributed by atoms with Gasteiger partial charge >= 0.3 is 24.7 Å². The van der Waals surface area contributed by atoms with Gasteiger partial charge in [-0.15, -0.1) is 23.2 Å². The zero-order valence-electron chi connectivity index (χ0n) is 42.0. The molecule has 3 aliphatic carbocycles. The fourth-order valence-corrected chi connectivity index (χ4v) is 10.1. The molecule has 2 N–H and O–H groups in total. The second-order valence-electron chi connectivity index (χ2n) is 19.8. The van der Waals surface area contributed by atoms with Gasteiger partial charge in [-0.2, -0.15) is 63.2 Å². The molecule has 0 bridgehead atoms. The van der Waals surface area contributed by atoms with Crippen LogP contribution in [0.3, 0.4) is 0 Å². The van der Waals surface area contributed by atoms with Crippen LogP contribution in [0.25, 0.3) is 0 Å². The van der Waals surface area contributed by atoms with E-state index in [0.29, 0.717) is 69.4 Å². The van der Waals surface area contributed by atoms with Gasteiger partial charge in [-0.05, 0) is 130 Å². The maximum atomic E-state index is 13.3. The highest BCUT2D eigenvalue weighted by Crippen LogP contribution is 2.50. The average Bonchev–Trinajstić information content (AvgIpc) is 3.38.